The Kier molecular flexibility index (Phi) is 5.50. The molecule has 0 aromatic carbocycles. The van der Waals surface area contributed by atoms with Crippen LogP contribution in [0.25, 0.3) is 0 Å². The van der Waals surface area contributed by atoms with Crippen molar-refractivity contribution in [2.24, 2.45) is 5.92 Å². The second-order valence-corrected chi connectivity index (χ2v) is 5.95. The zero-order chi connectivity index (χ0) is 15.2. The Bertz CT molecular complexity index is 483. The normalized spacial score (nSPS) is 16.0. The highest BCUT2D eigenvalue weighted by Crippen LogP contribution is 2.17. The lowest BCUT2D eigenvalue weighted by Crippen LogP contribution is -2.33. The van der Waals surface area contributed by atoms with Crippen molar-refractivity contribution in [1.29, 1.82) is 0 Å². The molecule has 1 amide bonds. The van der Waals surface area contributed by atoms with Gasteiger partial charge in [-0.15, -0.1) is 5.10 Å². The Balaban J connectivity index is 2.05. The molecule has 2 rings (SSSR count). The summed E-state index contributed by atoms with van der Waals surface area (Å²) < 4.78 is 0. The first kappa shape index (κ1) is 15.7. The first-order valence-corrected chi connectivity index (χ1v) is 7.66. The average molecular weight is 291 g/mol. The molecule has 1 fully saturated rings. The number of anilines is 1. The van der Waals surface area contributed by atoms with E-state index in [1.165, 1.54) is 0 Å². The summed E-state index contributed by atoms with van der Waals surface area (Å²) in [5.74, 6) is 0.464. The van der Waals surface area contributed by atoms with Gasteiger partial charge in [-0.3, -0.25) is 4.79 Å². The van der Waals surface area contributed by atoms with Crippen molar-refractivity contribution in [3.05, 3.63) is 17.5 Å². The lowest BCUT2D eigenvalue weighted by Gasteiger charge is -2.23. The first-order valence-electron chi connectivity index (χ1n) is 7.66. The average Bonchev–Trinajstić information content (AvgIpc) is 2.45. The molecule has 2 heterocycles. The van der Waals surface area contributed by atoms with Crippen molar-refractivity contribution in [3.63, 3.8) is 0 Å². The Morgan fingerprint density at radius 2 is 2.10 bits per heavy atom. The molecule has 0 spiro atoms. The molecule has 1 aliphatic heterocycles. The Labute approximate surface area is 126 Å². The summed E-state index contributed by atoms with van der Waals surface area (Å²) in [6, 6.07) is 1.97. The number of carbonyl (C=O) groups is 1. The molecular weight excluding hydrogens is 266 g/mol. The Morgan fingerprint density at radius 1 is 1.38 bits per heavy atom. The summed E-state index contributed by atoms with van der Waals surface area (Å²) in [6.07, 6.45) is 2.33. The molecule has 3 N–H and O–H groups in total. The first-order chi connectivity index (χ1) is 10.1. The van der Waals surface area contributed by atoms with Gasteiger partial charge < -0.3 is 16.0 Å². The fourth-order valence-electron chi connectivity index (χ4n) is 2.46. The maximum absolute atomic E-state index is 12.2. The fraction of sp³-hybridized carbons (Fsp3) is 0.667. The zero-order valence-electron chi connectivity index (χ0n) is 13.1. The predicted octanol–water partition coefficient (Wildman–Crippen LogP) is 1.33. The van der Waals surface area contributed by atoms with Gasteiger partial charge in [0, 0.05) is 12.6 Å². The summed E-state index contributed by atoms with van der Waals surface area (Å²) in [6.45, 7) is 8.76. The van der Waals surface area contributed by atoms with Gasteiger partial charge in [0.05, 0.1) is 11.4 Å². The van der Waals surface area contributed by atoms with Gasteiger partial charge in [0.2, 0.25) is 0 Å². The molecule has 0 radical (unpaired) electrons. The van der Waals surface area contributed by atoms with E-state index in [1.807, 2.05) is 26.8 Å². The Hall–Kier alpha value is -1.69. The molecule has 6 nitrogen and oxygen atoms in total. The molecule has 0 unspecified atom stereocenters. The number of hydrogen-bond acceptors (Lipinski definition) is 5. The summed E-state index contributed by atoms with van der Waals surface area (Å²) >= 11 is 0. The van der Waals surface area contributed by atoms with E-state index in [4.69, 9.17) is 0 Å². The number of aryl methyl sites for hydroxylation is 1. The second-order valence-electron chi connectivity index (χ2n) is 5.95. The van der Waals surface area contributed by atoms with Gasteiger partial charge in [-0.05, 0) is 58.7 Å². The SMILES string of the molecule is Cc1cc(NCC2CCNCC2)c(C(=O)NC(C)C)nn1. The van der Waals surface area contributed by atoms with Crippen LogP contribution < -0.4 is 16.0 Å². The third kappa shape index (κ3) is 4.67. The minimum Gasteiger partial charge on any atom is -0.383 e. The lowest BCUT2D eigenvalue weighted by atomic mass is 9.98. The highest BCUT2D eigenvalue weighted by atomic mass is 16.2. The third-order valence-electron chi connectivity index (χ3n) is 3.59. The molecule has 116 valence electrons. The topological polar surface area (TPSA) is 78.9 Å². The Morgan fingerprint density at radius 3 is 2.76 bits per heavy atom. The van der Waals surface area contributed by atoms with Crippen LogP contribution in [0.2, 0.25) is 0 Å². The molecule has 6 heteroatoms. The van der Waals surface area contributed by atoms with Gasteiger partial charge in [-0.1, -0.05) is 0 Å². The third-order valence-corrected chi connectivity index (χ3v) is 3.59. The van der Waals surface area contributed by atoms with Crippen molar-refractivity contribution in [2.75, 3.05) is 25.0 Å². The van der Waals surface area contributed by atoms with Crippen molar-refractivity contribution in [3.8, 4) is 0 Å². The van der Waals surface area contributed by atoms with E-state index in [1.54, 1.807) is 0 Å². The second kappa shape index (κ2) is 7.36. The van der Waals surface area contributed by atoms with Crippen molar-refractivity contribution < 1.29 is 4.79 Å². The van der Waals surface area contributed by atoms with Gasteiger partial charge in [-0.2, -0.15) is 5.10 Å². The van der Waals surface area contributed by atoms with Crippen LogP contribution in [0.4, 0.5) is 5.69 Å². The molecule has 0 bridgehead atoms. The summed E-state index contributed by atoms with van der Waals surface area (Å²) in [5.41, 5.74) is 1.96. The standard InChI is InChI=1S/C15H25N5O/c1-10(2)18-15(21)14-13(8-11(3)19-20-14)17-9-12-4-6-16-7-5-12/h8,10,12,16H,4-7,9H2,1-3H3,(H,17,19)(H,18,21). The number of carbonyl (C=O) groups excluding carboxylic acids is 1. The van der Waals surface area contributed by atoms with E-state index in [2.05, 4.69) is 26.1 Å². The van der Waals surface area contributed by atoms with Crippen LogP contribution in [-0.4, -0.2) is 41.8 Å². The van der Waals surface area contributed by atoms with Crippen LogP contribution in [0, 0.1) is 12.8 Å². The maximum Gasteiger partial charge on any atom is 0.274 e. The van der Waals surface area contributed by atoms with Gasteiger partial charge in [-0.25, -0.2) is 0 Å². The van der Waals surface area contributed by atoms with Gasteiger partial charge in [0.25, 0.3) is 5.91 Å². The zero-order valence-corrected chi connectivity index (χ0v) is 13.1. The monoisotopic (exact) mass is 291 g/mol. The number of nitrogens with zero attached hydrogens (tertiary/aromatic N) is 2. The van der Waals surface area contributed by atoms with Gasteiger partial charge in [0.15, 0.2) is 5.69 Å². The van der Waals surface area contributed by atoms with Gasteiger partial charge >= 0.3 is 0 Å². The summed E-state index contributed by atoms with van der Waals surface area (Å²) in [4.78, 5) is 12.2. The molecule has 1 saturated heterocycles. The molecule has 0 atom stereocenters. The van der Waals surface area contributed by atoms with E-state index in [0.717, 1.165) is 43.9 Å². The van der Waals surface area contributed by atoms with Crippen molar-refractivity contribution in [2.45, 2.75) is 39.7 Å². The largest absolute Gasteiger partial charge is 0.383 e. The summed E-state index contributed by atoms with van der Waals surface area (Å²) in [5, 5.41) is 17.7. The number of nitrogens with one attached hydrogen (secondary N) is 3. The number of hydrogen-bond donors (Lipinski definition) is 3. The van der Waals surface area contributed by atoms with Crippen LogP contribution >= 0.6 is 0 Å². The fourth-order valence-corrected chi connectivity index (χ4v) is 2.46. The quantitative estimate of drug-likeness (QED) is 0.763. The number of aromatic nitrogens is 2. The van der Waals surface area contributed by atoms with E-state index in [9.17, 15) is 4.79 Å². The molecular formula is C15H25N5O. The van der Waals surface area contributed by atoms with Crippen molar-refractivity contribution >= 4 is 11.6 Å². The molecule has 21 heavy (non-hydrogen) atoms. The highest BCUT2D eigenvalue weighted by molar-refractivity contribution is 5.97. The molecule has 1 aromatic heterocycles. The van der Waals surface area contributed by atoms with Crippen LogP contribution in [0.3, 0.4) is 0 Å². The molecule has 1 aromatic rings. The van der Waals surface area contributed by atoms with Crippen LogP contribution in [-0.2, 0) is 0 Å². The lowest BCUT2D eigenvalue weighted by molar-refractivity contribution is 0.0938. The van der Waals surface area contributed by atoms with Crippen LogP contribution in [0.15, 0.2) is 6.07 Å². The highest BCUT2D eigenvalue weighted by Gasteiger charge is 2.17. The summed E-state index contributed by atoms with van der Waals surface area (Å²) in [7, 11) is 0. The van der Waals surface area contributed by atoms with E-state index in [0.29, 0.717) is 11.6 Å². The van der Waals surface area contributed by atoms with Crippen LogP contribution in [0.1, 0.15) is 42.9 Å². The van der Waals surface area contributed by atoms with Gasteiger partial charge in [0.1, 0.15) is 0 Å². The predicted molar refractivity (Wildman–Crippen MR) is 83.5 cm³/mol. The number of piperidine rings is 1. The van der Waals surface area contributed by atoms with E-state index >= 15 is 0 Å². The molecule has 0 saturated carbocycles. The number of rotatable bonds is 5. The molecule has 0 aliphatic carbocycles. The van der Waals surface area contributed by atoms with E-state index in [-0.39, 0.29) is 11.9 Å². The van der Waals surface area contributed by atoms with Crippen molar-refractivity contribution in [1.82, 2.24) is 20.8 Å². The maximum atomic E-state index is 12.2. The number of amides is 1. The minimum atomic E-state index is -0.176. The minimum absolute atomic E-state index is 0.0814. The smallest absolute Gasteiger partial charge is 0.274 e. The molecule has 1 aliphatic rings. The van der Waals surface area contributed by atoms with E-state index < -0.39 is 0 Å². The van der Waals surface area contributed by atoms with Crippen LogP contribution in [0.5, 0.6) is 0 Å².